The summed E-state index contributed by atoms with van der Waals surface area (Å²) in [5.41, 5.74) is 8.08. The van der Waals surface area contributed by atoms with E-state index in [0.29, 0.717) is 17.0 Å². The van der Waals surface area contributed by atoms with Gasteiger partial charge < -0.3 is 15.4 Å². The molecule has 0 spiro atoms. The molecule has 0 aliphatic rings. The van der Waals surface area contributed by atoms with Crippen LogP contribution >= 0.6 is 0 Å². The Bertz CT molecular complexity index is 1250. The number of nitrogens with one attached hydrogen (secondary N) is 3. The molecule has 3 aromatic carbocycles. The first-order valence-electron chi connectivity index (χ1n) is 11.0. The number of aryl methyl sites for hydroxylation is 3. The van der Waals surface area contributed by atoms with Crippen LogP contribution in [-0.2, 0) is 14.4 Å². The molecular formula is C27H28N4O4. The van der Waals surface area contributed by atoms with Crippen molar-refractivity contribution in [3.63, 3.8) is 0 Å². The number of para-hydroxylation sites is 1. The lowest BCUT2D eigenvalue weighted by atomic mass is 10.1. The number of nitrogens with zero attached hydrogens (tertiary/aromatic N) is 1. The van der Waals surface area contributed by atoms with Gasteiger partial charge in [-0.3, -0.25) is 14.4 Å². The maximum Gasteiger partial charge on any atom is 0.329 e. The van der Waals surface area contributed by atoms with Gasteiger partial charge in [0.15, 0.2) is 6.61 Å². The third kappa shape index (κ3) is 7.01. The average Bonchev–Trinajstić information content (AvgIpc) is 2.83. The predicted molar refractivity (Wildman–Crippen MR) is 137 cm³/mol. The highest BCUT2D eigenvalue weighted by Crippen LogP contribution is 2.19. The van der Waals surface area contributed by atoms with Gasteiger partial charge in [0.1, 0.15) is 5.75 Å². The van der Waals surface area contributed by atoms with Crippen molar-refractivity contribution in [2.24, 2.45) is 5.10 Å². The van der Waals surface area contributed by atoms with Crippen LogP contribution in [0.5, 0.6) is 5.75 Å². The molecule has 180 valence electrons. The molecule has 0 heterocycles. The van der Waals surface area contributed by atoms with E-state index in [4.69, 9.17) is 4.74 Å². The number of amides is 3. The summed E-state index contributed by atoms with van der Waals surface area (Å²) in [6.45, 7) is 7.50. The number of carbonyl (C=O) groups excluding carboxylic acids is 3. The van der Waals surface area contributed by atoms with Gasteiger partial charge in [-0.15, -0.1) is 0 Å². The highest BCUT2D eigenvalue weighted by atomic mass is 16.5. The second-order valence-corrected chi connectivity index (χ2v) is 8.07. The Morgan fingerprint density at radius 3 is 2.11 bits per heavy atom. The van der Waals surface area contributed by atoms with Crippen molar-refractivity contribution in [3.05, 3.63) is 88.5 Å². The summed E-state index contributed by atoms with van der Waals surface area (Å²) in [7, 11) is 0. The second kappa shape index (κ2) is 11.6. The summed E-state index contributed by atoms with van der Waals surface area (Å²) < 4.78 is 5.54. The lowest BCUT2D eigenvalue weighted by Gasteiger charge is -2.11. The maximum absolute atomic E-state index is 12.2. The summed E-state index contributed by atoms with van der Waals surface area (Å²) in [5, 5.41) is 9.27. The maximum atomic E-state index is 12.2. The quantitative estimate of drug-likeness (QED) is 0.274. The number of anilines is 2. The highest BCUT2D eigenvalue weighted by molar-refractivity contribution is 6.39. The fourth-order valence-electron chi connectivity index (χ4n) is 3.27. The van der Waals surface area contributed by atoms with Crippen molar-refractivity contribution in [3.8, 4) is 5.75 Å². The minimum Gasteiger partial charge on any atom is -0.484 e. The normalized spacial score (nSPS) is 10.6. The first-order chi connectivity index (χ1) is 16.7. The number of hydrogen-bond donors (Lipinski definition) is 3. The van der Waals surface area contributed by atoms with Gasteiger partial charge in [-0.25, -0.2) is 5.43 Å². The van der Waals surface area contributed by atoms with Gasteiger partial charge in [0.25, 0.3) is 5.91 Å². The van der Waals surface area contributed by atoms with E-state index in [1.165, 1.54) is 6.21 Å². The SMILES string of the molecule is Cc1cccc(NC(=O)COc2ccc(/C=N\NC(=O)C(=O)Nc3c(C)cccc3C)cc2)c1C. The summed E-state index contributed by atoms with van der Waals surface area (Å²) in [5.74, 6) is -1.43. The van der Waals surface area contributed by atoms with Crippen LogP contribution in [0.15, 0.2) is 65.8 Å². The minimum absolute atomic E-state index is 0.133. The van der Waals surface area contributed by atoms with E-state index in [1.54, 1.807) is 24.3 Å². The minimum atomic E-state index is -0.876. The van der Waals surface area contributed by atoms with E-state index in [2.05, 4.69) is 21.2 Å². The summed E-state index contributed by atoms with van der Waals surface area (Å²) in [4.78, 5) is 36.4. The molecule has 0 aliphatic carbocycles. The second-order valence-electron chi connectivity index (χ2n) is 8.07. The Morgan fingerprint density at radius 2 is 1.43 bits per heavy atom. The standard InChI is InChI=1S/C27H28N4O4/c1-17-7-6-10-23(20(17)4)29-24(32)16-35-22-13-11-21(12-14-22)15-28-31-27(34)26(33)30-25-18(2)8-5-9-19(25)3/h5-15H,16H2,1-4H3,(H,29,32)(H,30,33)(H,31,34)/b28-15-. The van der Waals surface area contributed by atoms with Gasteiger partial charge in [-0.05, 0) is 85.8 Å². The molecular weight excluding hydrogens is 444 g/mol. The molecule has 0 radical (unpaired) electrons. The summed E-state index contributed by atoms with van der Waals surface area (Å²) >= 11 is 0. The molecule has 3 N–H and O–H groups in total. The molecule has 3 rings (SSSR count). The molecule has 3 aromatic rings. The number of rotatable bonds is 7. The molecule has 0 saturated carbocycles. The molecule has 0 unspecified atom stereocenters. The Kier molecular flexibility index (Phi) is 8.34. The van der Waals surface area contributed by atoms with E-state index in [-0.39, 0.29) is 12.5 Å². The van der Waals surface area contributed by atoms with E-state index >= 15 is 0 Å². The number of ether oxygens (including phenoxy) is 1. The molecule has 3 amide bonds. The topological polar surface area (TPSA) is 109 Å². The van der Waals surface area contributed by atoms with E-state index in [0.717, 1.165) is 27.9 Å². The molecule has 8 heteroatoms. The summed E-state index contributed by atoms with van der Waals surface area (Å²) in [6, 6.07) is 18.1. The van der Waals surface area contributed by atoms with Crippen molar-refractivity contribution in [1.29, 1.82) is 0 Å². The zero-order valence-corrected chi connectivity index (χ0v) is 20.1. The van der Waals surface area contributed by atoms with Crippen LogP contribution in [0.2, 0.25) is 0 Å². The van der Waals surface area contributed by atoms with Gasteiger partial charge >= 0.3 is 11.8 Å². The van der Waals surface area contributed by atoms with E-state index in [9.17, 15) is 14.4 Å². The lowest BCUT2D eigenvalue weighted by molar-refractivity contribution is -0.136. The number of hydrogen-bond acceptors (Lipinski definition) is 5. The number of hydrazone groups is 1. The Balaban J connectivity index is 1.46. The van der Waals surface area contributed by atoms with Gasteiger partial charge in [-0.1, -0.05) is 30.3 Å². The molecule has 0 fully saturated rings. The Morgan fingerprint density at radius 1 is 0.800 bits per heavy atom. The van der Waals surface area contributed by atoms with Crippen LogP contribution in [0.4, 0.5) is 11.4 Å². The van der Waals surface area contributed by atoms with Crippen molar-refractivity contribution >= 4 is 35.3 Å². The third-order valence-electron chi connectivity index (χ3n) is 5.43. The van der Waals surface area contributed by atoms with Crippen LogP contribution in [0, 0.1) is 27.7 Å². The predicted octanol–water partition coefficient (Wildman–Crippen LogP) is 4.03. The lowest BCUT2D eigenvalue weighted by Crippen LogP contribution is -2.32. The fourth-order valence-corrected chi connectivity index (χ4v) is 3.27. The molecule has 0 atom stereocenters. The van der Waals surface area contributed by atoms with Crippen LogP contribution < -0.4 is 20.8 Å². The van der Waals surface area contributed by atoms with E-state index < -0.39 is 11.8 Å². The molecule has 8 nitrogen and oxygen atoms in total. The monoisotopic (exact) mass is 472 g/mol. The smallest absolute Gasteiger partial charge is 0.329 e. The van der Waals surface area contributed by atoms with E-state index in [1.807, 2.05) is 64.1 Å². The van der Waals surface area contributed by atoms with Crippen LogP contribution in [0.3, 0.4) is 0 Å². The van der Waals surface area contributed by atoms with Gasteiger partial charge in [-0.2, -0.15) is 5.10 Å². The van der Waals surface area contributed by atoms with Gasteiger partial charge in [0.05, 0.1) is 6.21 Å². The summed E-state index contributed by atoms with van der Waals surface area (Å²) in [6.07, 6.45) is 1.40. The molecule has 35 heavy (non-hydrogen) atoms. The zero-order valence-electron chi connectivity index (χ0n) is 20.1. The van der Waals surface area contributed by atoms with Crippen molar-refractivity contribution in [2.45, 2.75) is 27.7 Å². The van der Waals surface area contributed by atoms with Gasteiger partial charge in [0.2, 0.25) is 0 Å². The highest BCUT2D eigenvalue weighted by Gasteiger charge is 2.15. The largest absolute Gasteiger partial charge is 0.484 e. The molecule has 0 aliphatic heterocycles. The first-order valence-corrected chi connectivity index (χ1v) is 11.0. The van der Waals surface area contributed by atoms with Crippen molar-refractivity contribution in [2.75, 3.05) is 17.2 Å². The van der Waals surface area contributed by atoms with Crippen LogP contribution in [0.1, 0.15) is 27.8 Å². The molecule has 0 bridgehead atoms. The van der Waals surface area contributed by atoms with Gasteiger partial charge in [0, 0.05) is 11.4 Å². The fraction of sp³-hybridized carbons (Fsp3) is 0.185. The van der Waals surface area contributed by atoms with Crippen molar-refractivity contribution < 1.29 is 19.1 Å². The van der Waals surface area contributed by atoms with Crippen molar-refractivity contribution in [1.82, 2.24) is 5.43 Å². The Labute approximate surface area is 204 Å². The first kappa shape index (κ1) is 25.2. The number of carbonyl (C=O) groups is 3. The zero-order chi connectivity index (χ0) is 25.4. The Hall–Kier alpha value is -4.46. The van der Waals surface area contributed by atoms with Crippen LogP contribution in [0.25, 0.3) is 0 Å². The number of benzene rings is 3. The third-order valence-corrected chi connectivity index (χ3v) is 5.43. The molecule has 0 saturated heterocycles. The van der Waals surface area contributed by atoms with Crippen LogP contribution in [-0.4, -0.2) is 30.5 Å². The average molecular weight is 473 g/mol. The molecule has 0 aromatic heterocycles.